The number of pyridine rings is 1. The highest BCUT2D eigenvalue weighted by atomic mass is 79.9. The third kappa shape index (κ3) is 6.84. The number of amides is 1. The minimum absolute atomic E-state index is 0.0750. The van der Waals surface area contributed by atoms with Crippen molar-refractivity contribution in [3.63, 3.8) is 0 Å². The van der Waals surface area contributed by atoms with Gasteiger partial charge in [0.25, 0.3) is 0 Å². The molecule has 3 aromatic heterocycles. The Morgan fingerprint density at radius 1 is 1.19 bits per heavy atom. The Kier molecular flexibility index (Phi) is 8.77. The van der Waals surface area contributed by atoms with Crippen LogP contribution < -0.4 is 10.1 Å². The number of fused-ring (bicyclic) bond motifs is 1. The molecular formula is C31H33BrF2N6O3. The van der Waals surface area contributed by atoms with Crippen LogP contribution in [0.15, 0.2) is 59.9 Å². The van der Waals surface area contributed by atoms with Crippen LogP contribution >= 0.6 is 15.9 Å². The van der Waals surface area contributed by atoms with Gasteiger partial charge in [-0.25, -0.2) is 24.7 Å². The summed E-state index contributed by atoms with van der Waals surface area (Å²) in [6.07, 6.45) is 8.33. The van der Waals surface area contributed by atoms with Crippen molar-refractivity contribution in [2.45, 2.75) is 77.2 Å². The van der Waals surface area contributed by atoms with E-state index in [-0.39, 0.29) is 12.3 Å². The highest BCUT2D eigenvalue weighted by Crippen LogP contribution is 2.40. The van der Waals surface area contributed by atoms with Gasteiger partial charge in [0.2, 0.25) is 0 Å². The number of carbonyl (C=O) groups excluding carboxylic acids is 1. The molecule has 1 saturated carbocycles. The van der Waals surface area contributed by atoms with Gasteiger partial charge in [-0.3, -0.25) is 0 Å². The summed E-state index contributed by atoms with van der Waals surface area (Å²) in [5.41, 5.74) is 1.81. The Labute approximate surface area is 256 Å². The second-order valence-electron chi connectivity index (χ2n) is 11.4. The van der Waals surface area contributed by atoms with Crippen molar-refractivity contribution in [1.29, 1.82) is 0 Å². The number of imidazole rings is 1. The summed E-state index contributed by atoms with van der Waals surface area (Å²) >= 11 is 3.49. The normalized spacial score (nSPS) is 14.4. The van der Waals surface area contributed by atoms with Crippen LogP contribution in [0.3, 0.4) is 0 Å². The average Bonchev–Trinajstić information content (AvgIpc) is 3.26. The van der Waals surface area contributed by atoms with E-state index in [1.54, 1.807) is 30.6 Å². The minimum Gasteiger partial charge on any atom is -0.444 e. The summed E-state index contributed by atoms with van der Waals surface area (Å²) in [7, 11) is 0. The monoisotopic (exact) mass is 654 g/mol. The second kappa shape index (κ2) is 12.4. The molecule has 1 amide bonds. The van der Waals surface area contributed by atoms with E-state index < -0.39 is 23.8 Å². The van der Waals surface area contributed by atoms with Gasteiger partial charge < -0.3 is 19.4 Å². The second-order valence-corrected chi connectivity index (χ2v) is 12.3. The molecule has 0 radical (unpaired) electrons. The lowest BCUT2D eigenvalue weighted by Gasteiger charge is -2.41. The van der Waals surface area contributed by atoms with Crippen molar-refractivity contribution in [2.75, 3.05) is 0 Å². The fraction of sp³-hybridized carbons (Fsp3) is 0.387. The van der Waals surface area contributed by atoms with Crippen molar-refractivity contribution in [1.82, 2.24) is 29.8 Å². The standard InChI is InChI=1S/C31H33BrF2N6O3/c1-5-6-11-25-37-23-13-12-22(38-26(23)40(25)18-20-21(32)9-7-10-24(20)42-28(33)34)19-16-35-27(36-17-19)31(14-8-15-31)39-29(41)43-30(2,3)4/h5,7,9-10,12-13,16-17,28H,1,6,8,11,14-15,18H2,2-4H3,(H,39,41). The number of benzene rings is 1. The number of allylic oxidation sites excluding steroid dienone is 1. The zero-order valence-corrected chi connectivity index (χ0v) is 25.8. The molecular weight excluding hydrogens is 622 g/mol. The number of hydrogen-bond donors (Lipinski definition) is 1. The Morgan fingerprint density at radius 2 is 1.93 bits per heavy atom. The van der Waals surface area contributed by atoms with E-state index in [4.69, 9.17) is 19.4 Å². The topological polar surface area (TPSA) is 104 Å². The lowest BCUT2D eigenvalue weighted by Crippen LogP contribution is -2.53. The van der Waals surface area contributed by atoms with Crippen LogP contribution in [-0.4, -0.2) is 42.8 Å². The molecule has 0 unspecified atom stereocenters. The summed E-state index contributed by atoms with van der Waals surface area (Å²) in [6, 6.07) is 8.65. The van der Waals surface area contributed by atoms with Gasteiger partial charge >= 0.3 is 12.7 Å². The maximum absolute atomic E-state index is 13.2. The fourth-order valence-electron chi connectivity index (χ4n) is 5.00. The SMILES string of the molecule is C=CCCc1nc2ccc(-c3cnc(C4(NC(=O)OC(C)(C)C)CCC4)nc3)nc2n1Cc1c(Br)cccc1OC(F)F. The molecule has 0 bridgehead atoms. The van der Waals surface area contributed by atoms with Crippen molar-refractivity contribution >= 4 is 33.2 Å². The smallest absolute Gasteiger partial charge is 0.408 e. The molecule has 0 aliphatic heterocycles. The molecule has 5 rings (SSSR count). The van der Waals surface area contributed by atoms with Crippen LogP contribution in [0.1, 0.15) is 63.7 Å². The van der Waals surface area contributed by atoms with Crippen molar-refractivity contribution in [3.05, 3.63) is 77.1 Å². The molecule has 1 aromatic carbocycles. The highest BCUT2D eigenvalue weighted by Gasteiger charge is 2.43. The van der Waals surface area contributed by atoms with Crippen LogP contribution in [-0.2, 0) is 23.2 Å². The lowest BCUT2D eigenvalue weighted by atomic mass is 9.76. The first-order chi connectivity index (χ1) is 20.5. The van der Waals surface area contributed by atoms with Crippen molar-refractivity contribution in [3.8, 4) is 17.0 Å². The van der Waals surface area contributed by atoms with Gasteiger partial charge in [-0.2, -0.15) is 8.78 Å². The quantitative estimate of drug-likeness (QED) is 0.179. The van der Waals surface area contributed by atoms with Gasteiger partial charge in [-0.05, 0) is 70.7 Å². The van der Waals surface area contributed by atoms with Gasteiger partial charge in [0.05, 0.1) is 12.2 Å². The summed E-state index contributed by atoms with van der Waals surface area (Å²) in [5, 5.41) is 2.98. The van der Waals surface area contributed by atoms with E-state index in [0.29, 0.717) is 51.1 Å². The zero-order valence-electron chi connectivity index (χ0n) is 24.2. The molecule has 4 aromatic rings. The molecule has 1 aliphatic rings. The number of halogens is 3. The molecule has 12 heteroatoms. The number of carbonyl (C=O) groups is 1. The van der Waals surface area contributed by atoms with E-state index >= 15 is 0 Å². The zero-order chi connectivity index (χ0) is 30.8. The molecule has 0 saturated heterocycles. The predicted molar refractivity (Wildman–Crippen MR) is 162 cm³/mol. The number of alkyl carbamates (subject to hydrolysis) is 1. The summed E-state index contributed by atoms with van der Waals surface area (Å²) in [6.45, 7) is 6.52. The van der Waals surface area contributed by atoms with E-state index in [2.05, 4.69) is 37.8 Å². The molecule has 0 spiro atoms. The summed E-state index contributed by atoms with van der Waals surface area (Å²) in [4.78, 5) is 31.4. The number of rotatable bonds is 10. The van der Waals surface area contributed by atoms with Crippen molar-refractivity contribution in [2.24, 2.45) is 0 Å². The van der Waals surface area contributed by atoms with E-state index in [1.807, 2.05) is 37.5 Å². The third-order valence-corrected chi connectivity index (χ3v) is 7.92. The number of ether oxygens (including phenoxy) is 2. The van der Waals surface area contributed by atoms with Crippen LogP contribution in [0.5, 0.6) is 5.75 Å². The Bertz CT molecular complexity index is 1630. The first-order valence-electron chi connectivity index (χ1n) is 14.0. The van der Waals surface area contributed by atoms with Crippen LogP contribution in [0, 0.1) is 0 Å². The Morgan fingerprint density at radius 3 is 2.56 bits per heavy atom. The van der Waals surface area contributed by atoms with Crippen LogP contribution in [0.4, 0.5) is 13.6 Å². The average molecular weight is 656 g/mol. The molecule has 1 N–H and O–H groups in total. The fourth-order valence-corrected chi connectivity index (χ4v) is 5.47. The van der Waals surface area contributed by atoms with Gasteiger partial charge in [-0.1, -0.05) is 28.1 Å². The molecule has 1 aliphatic carbocycles. The number of nitrogens with zero attached hydrogens (tertiary/aromatic N) is 5. The number of alkyl halides is 2. The maximum Gasteiger partial charge on any atom is 0.408 e. The largest absolute Gasteiger partial charge is 0.444 e. The maximum atomic E-state index is 13.2. The van der Waals surface area contributed by atoms with Gasteiger partial charge in [0.1, 0.15) is 28.2 Å². The molecule has 0 atom stereocenters. The van der Waals surface area contributed by atoms with E-state index in [1.165, 1.54) is 6.07 Å². The van der Waals surface area contributed by atoms with Gasteiger partial charge in [0.15, 0.2) is 11.5 Å². The molecule has 3 heterocycles. The lowest BCUT2D eigenvalue weighted by molar-refractivity contribution is -0.0505. The molecule has 1 fully saturated rings. The minimum atomic E-state index is -2.96. The number of hydrogen-bond acceptors (Lipinski definition) is 7. The summed E-state index contributed by atoms with van der Waals surface area (Å²) < 4.78 is 39.2. The van der Waals surface area contributed by atoms with Gasteiger partial charge in [-0.15, -0.1) is 6.58 Å². The van der Waals surface area contributed by atoms with Crippen molar-refractivity contribution < 1.29 is 23.0 Å². The number of aromatic nitrogens is 5. The number of nitrogens with one attached hydrogen (secondary N) is 1. The summed E-state index contributed by atoms with van der Waals surface area (Å²) in [5.74, 6) is 1.34. The molecule has 43 heavy (non-hydrogen) atoms. The van der Waals surface area contributed by atoms with Gasteiger partial charge in [0, 0.05) is 34.4 Å². The van der Waals surface area contributed by atoms with Crippen LogP contribution in [0.25, 0.3) is 22.4 Å². The van der Waals surface area contributed by atoms with E-state index in [0.717, 1.165) is 25.1 Å². The predicted octanol–water partition coefficient (Wildman–Crippen LogP) is 7.32. The molecule has 9 nitrogen and oxygen atoms in total. The first kappa shape index (κ1) is 30.5. The third-order valence-electron chi connectivity index (χ3n) is 7.17. The Hall–Kier alpha value is -3.93. The number of aryl methyl sites for hydroxylation is 1. The Balaban J connectivity index is 1.48. The molecule has 226 valence electrons. The van der Waals surface area contributed by atoms with Crippen LogP contribution in [0.2, 0.25) is 0 Å². The first-order valence-corrected chi connectivity index (χ1v) is 14.8. The highest BCUT2D eigenvalue weighted by molar-refractivity contribution is 9.10. The van der Waals surface area contributed by atoms with E-state index in [9.17, 15) is 13.6 Å².